The van der Waals surface area contributed by atoms with Gasteiger partial charge in [-0.3, -0.25) is 9.05 Å². The summed E-state index contributed by atoms with van der Waals surface area (Å²) in [4.78, 5) is 9.42. The van der Waals surface area contributed by atoms with Gasteiger partial charge in [0.2, 0.25) is 0 Å². The largest absolute Gasteiger partial charge is 0.472 e. The van der Waals surface area contributed by atoms with Gasteiger partial charge in [-0.15, -0.1) is 0 Å². The van der Waals surface area contributed by atoms with Gasteiger partial charge in [-0.2, -0.15) is 0 Å². The number of unbranched alkanes of at least 4 members (excludes halogenated alkanes) is 5. The van der Waals surface area contributed by atoms with Gasteiger partial charge in [0.05, 0.1) is 19.8 Å². The lowest BCUT2D eigenvalue weighted by molar-refractivity contribution is -0.0222. The molecule has 0 aliphatic carbocycles. The number of allylic oxidation sites excluding steroid dienone is 8. The quantitative estimate of drug-likeness (QED) is 0.0977. The van der Waals surface area contributed by atoms with Gasteiger partial charge in [-0.05, 0) is 51.4 Å². The highest BCUT2D eigenvalue weighted by molar-refractivity contribution is 7.47. The van der Waals surface area contributed by atoms with Crippen LogP contribution in [0.2, 0.25) is 0 Å². The van der Waals surface area contributed by atoms with Gasteiger partial charge in [0, 0.05) is 13.2 Å². The molecule has 0 saturated heterocycles. The predicted molar refractivity (Wildman–Crippen MR) is 136 cm³/mol. The first-order chi connectivity index (χ1) is 16.1. The molecule has 33 heavy (non-hydrogen) atoms. The fraction of sp³-hybridized carbons (Fsp3) is 0.680. The van der Waals surface area contributed by atoms with E-state index in [1.165, 1.54) is 25.7 Å². The second-order valence-electron chi connectivity index (χ2n) is 7.65. The third-order valence-electron chi connectivity index (χ3n) is 4.58. The molecule has 0 aromatic carbocycles. The maximum absolute atomic E-state index is 11.5. The Kier molecular flexibility index (Phi) is 23.3. The predicted octanol–water partition coefficient (Wildman–Crippen LogP) is 5.60. The van der Waals surface area contributed by atoms with Crippen molar-refractivity contribution in [1.82, 2.24) is 0 Å². The van der Waals surface area contributed by atoms with E-state index in [1.54, 1.807) is 0 Å². The molecule has 0 bridgehead atoms. The van der Waals surface area contributed by atoms with E-state index in [9.17, 15) is 14.6 Å². The first kappa shape index (κ1) is 31.9. The van der Waals surface area contributed by atoms with Crippen LogP contribution in [0.4, 0.5) is 0 Å². The van der Waals surface area contributed by atoms with Crippen LogP contribution in [-0.4, -0.2) is 49.1 Å². The second-order valence-corrected chi connectivity index (χ2v) is 9.10. The minimum atomic E-state index is -4.15. The van der Waals surface area contributed by atoms with E-state index in [-0.39, 0.29) is 26.4 Å². The highest BCUT2D eigenvalue weighted by Crippen LogP contribution is 2.42. The maximum Gasteiger partial charge on any atom is 0.472 e. The number of hydrogen-bond donors (Lipinski definition) is 3. The zero-order valence-corrected chi connectivity index (χ0v) is 21.2. The van der Waals surface area contributed by atoms with Crippen LogP contribution >= 0.6 is 7.82 Å². The Morgan fingerprint density at radius 1 is 0.818 bits per heavy atom. The zero-order chi connectivity index (χ0) is 24.5. The fourth-order valence-corrected chi connectivity index (χ4v) is 3.48. The Bertz CT molecular complexity index is 591. The fourth-order valence-electron chi connectivity index (χ4n) is 2.71. The molecule has 2 atom stereocenters. The summed E-state index contributed by atoms with van der Waals surface area (Å²) in [6, 6.07) is 0. The molecule has 4 N–H and O–H groups in total. The minimum Gasteiger partial charge on any atom is -0.394 e. The van der Waals surface area contributed by atoms with E-state index in [1.807, 2.05) is 0 Å². The van der Waals surface area contributed by atoms with Gasteiger partial charge in [0.15, 0.2) is 0 Å². The number of nitrogens with two attached hydrogens (primary N) is 1. The van der Waals surface area contributed by atoms with Crippen molar-refractivity contribution in [2.24, 2.45) is 5.73 Å². The lowest BCUT2D eigenvalue weighted by Gasteiger charge is -2.17. The molecule has 0 spiro atoms. The van der Waals surface area contributed by atoms with E-state index in [4.69, 9.17) is 15.0 Å². The van der Waals surface area contributed by atoms with Crippen LogP contribution in [0.25, 0.3) is 0 Å². The molecule has 0 aromatic heterocycles. The number of phosphoric acid groups is 1. The van der Waals surface area contributed by atoms with Crippen molar-refractivity contribution < 1.29 is 28.3 Å². The highest BCUT2D eigenvalue weighted by Gasteiger charge is 2.22. The van der Waals surface area contributed by atoms with Gasteiger partial charge in [-0.25, -0.2) is 4.57 Å². The number of ether oxygens (including phenoxy) is 1. The summed E-state index contributed by atoms with van der Waals surface area (Å²) in [6.45, 7) is 2.21. The topological polar surface area (TPSA) is 111 Å². The Morgan fingerprint density at radius 2 is 1.36 bits per heavy atom. The lowest BCUT2D eigenvalue weighted by atomic mass is 10.2. The third kappa shape index (κ3) is 23.9. The molecule has 0 rings (SSSR count). The molecule has 1 unspecified atom stereocenters. The van der Waals surface area contributed by atoms with E-state index in [0.717, 1.165) is 38.5 Å². The standard InChI is InChI=1S/C25H46NO6P/c1-2-3-4-5-6-7-8-9-10-11-12-13-14-15-16-17-18-19-21-30-25(23-27)24-32-33(28,29)31-22-20-26/h6-7,9-10,12-13,15-16,25,27H,2-5,8,11,14,17-24,26H2,1H3,(H,28,29)/b7-6-,10-9-,13-12-,16-15-/t25-/m1/s1. The molecule has 7 nitrogen and oxygen atoms in total. The molecule has 8 heteroatoms. The maximum atomic E-state index is 11.5. The van der Waals surface area contributed by atoms with Crippen molar-refractivity contribution in [2.75, 3.05) is 33.0 Å². The van der Waals surface area contributed by atoms with Crippen molar-refractivity contribution >= 4 is 7.82 Å². The van der Waals surface area contributed by atoms with E-state index in [2.05, 4.69) is 60.1 Å². The van der Waals surface area contributed by atoms with Gasteiger partial charge in [0.25, 0.3) is 0 Å². The van der Waals surface area contributed by atoms with Gasteiger partial charge >= 0.3 is 7.82 Å². The monoisotopic (exact) mass is 487 g/mol. The van der Waals surface area contributed by atoms with Gasteiger partial charge in [-0.1, -0.05) is 68.4 Å². The van der Waals surface area contributed by atoms with Crippen LogP contribution in [0.3, 0.4) is 0 Å². The number of aliphatic hydroxyl groups is 1. The van der Waals surface area contributed by atoms with Crippen LogP contribution in [0, 0.1) is 0 Å². The number of aliphatic hydroxyl groups excluding tert-OH is 1. The molecule has 0 fully saturated rings. The van der Waals surface area contributed by atoms with E-state index in [0.29, 0.717) is 6.61 Å². The minimum absolute atomic E-state index is 0.0735. The van der Waals surface area contributed by atoms with Crippen LogP contribution in [0.15, 0.2) is 48.6 Å². The summed E-state index contributed by atoms with van der Waals surface area (Å²) in [6.07, 6.45) is 27.7. The summed E-state index contributed by atoms with van der Waals surface area (Å²) in [5, 5.41) is 9.29. The highest BCUT2D eigenvalue weighted by atomic mass is 31.2. The summed E-state index contributed by atoms with van der Waals surface area (Å²) in [5.41, 5.74) is 5.21. The first-order valence-electron chi connectivity index (χ1n) is 12.2. The molecular formula is C25H46NO6P. The van der Waals surface area contributed by atoms with E-state index < -0.39 is 13.9 Å². The zero-order valence-electron chi connectivity index (χ0n) is 20.4. The Balaban J connectivity index is 3.65. The van der Waals surface area contributed by atoms with Crippen molar-refractivity contribution in [3.05, 3.63) is 48.6 Å². The average molecular weight is 488 g/mol. The van der Waals surface area contributed by atoms with E-state index >= 15 is 0 Å². The lowest BCUT2D eigenvalue weighted by Crippen LogP contribution is -2.24. The molecule has 0 radical (unpaired) electrons. The summed E-state index contributed by atoms with van der Waals surface area (Å²) in [7, 11) is -4.15. The summed E-state index contributed by atoms with van der Waals surface area (Å²) >= 11 is 0. The number of rotatable bonds is 23. The average Bonchev–Trinajstić information content (AvgIpc) is 2.81. The van der Waals surface area contributed by atoms with Crippen LogP contribution < -0.4 is 5.73 Å². The molecule has 192 valence electrons. The summed E-state index contributed by atoms with van der Waals surface area (Å²) in [5.74, 6) is 0. The van der Waals surface area contributed by atoms with Crippen molar-refractivity contribution in [3.8, 4) is 0 Å². The molecule has 0 heterocycles. The van der Waals surface area contributed by atoms with Gasteiger partial charge in [0.1, 0.15) is 6.10 Å². The molecule has 0 amide bonds. The number of hydrogen-bond acceptors (Lipinski definition) is 6. The third-order valence-corrected chi connectivity index (χ3v) is 5.56. The SMILES string of the molecule is CCCCC/C=C\C/C=C\C/C=C\C/C=C\CCCCO[C@H](CO)COP(=O)(O)OCCN. The smallest absolute Gasteiger partial charge is 0.394 e. The van der Waals surface area contributed by atoms with Crippen LogP contribution in [0.5, 0.6) is 0 Å². The normalized spacial score (nSPS) is 15.4. The van der Waals surface area contributed by atoms with Crippen molar-refractivity contribution in [2.45, 2.75) is 77.2 Å². The van der Waals surface area contributed by atoms with Gasteiger partial charge < -0.3 is 20.5 Å². The summed E-state index contributed by atoms with van der Waals surface area (Å²) < 4.78 is 26.5. The Morgan fingerprint density at radius 3 is 1.88 bits per heavy atom. The Labute approximate surface area is 201 Å². The van der Waals surface area contributed by atoms with Crippen LogP contribution in [0.1, 0.15) is 71.1 Å². The second kappa shape index (κ2) is 24.1. The molecule has 0 aliphatic heterocycles. The first-order valence-corrected chi connectivity index (χ1v) is 13.7. The molecule has 0 aliphatic rings. The van der Waals surface area contributed by atoms with Crippen molar-refractivity contribution in [3.63, 3.8) is 0 Å². The number of phosphoric ester groups is 1. The molecular weight excluding hydrogens is 441 g/mol. The van der Waals surface area contributed by atoms with Crippen molar-refractivity contribution in [1.29, 1.82) is 0 Å². The van der Waals surface area contributed by atoms with Crippen LogP contribution in [-0.2, 0) is 18.3 Å². The molecule has 0 aromatic rings. The Hall–Kier alpha value is -1.05. The molecule has 0 saturated carbocycles.